The Labute approximate surface area is 132 Å². The highest BCUT2D eigenvalue weighted by Gasteiger charge is 2.11. The Hall–Kier alpha value is -3.21. The average molecular weight is 302 g/mol. The van der Waals surface area contributed by atoms with E-state index in [1.54, 1.807) is 6.20 Å². The Morgan fingerprint density at radius 3 is 2.91 bits per heavy atom. The van der Waals surface area contributed by atoms with Crippen LogP contribution in [0.15, 0.2) is 55.0 Å². The van der Waals surface area contributed by atoms with Crippen LogP contribution >= 0.6 is 0 Å². The molecular weight excluding hydrogens is 288 g/mol. The number of hydrogen-bond acceptors (Lipinski definition) is 3. The smallest absolute Gasteiger partial charge is 0.272 e. The molecule has 0 atom stereocenters. The molecule has 2 heterocycles. The van der Waals surface area contributed by atoms with E-state index in [0.717, 1.165) is 27.4 Å². The number of para-hydroxylation sites is 1. The van der Waals surface area contributed by atoms with Gasteiger partial charge in [0, 0.05) is 28.2 Å². The van der Waals surface area contributed by atoms with Crippen molar-refractivity contribution in [1.82, 2.24) is 15.0 Å². The number of rotatable bonds is 2. The van der Waals surface area contributed by atoms with Gasteiger partial charge < -0.3 is 10.3 Å². The van der Waals surface area contributed by atoms with E-state index in [0.29, 0.717) is 11.4 Å². The normalized spacial score (nSPS) is 11.0. The van der Waals surface area contributed by atoms with Crippen LogP contribution in [-0.4, -0.2) is 20.9 Å². The number of benzene rings is 2. The minimum absolute atomic E-state index is 0.172. The number of carbonyl (C=O) groups is 1. The molecule has 2 aromatic heterocycles. The zero-order valence-electron chi connectivity index (χ0n) is 12.5. The summed E-state index contributed by atoms with van der Waals surface area (Å²) in [5, 5.41) is 4.87. The minimum atomic E-state index is -0.172. The van der Waals surface area contributed by atoms with Gasteiger partial charge in [-0.25, -0.2) is 9.97 Å². The lowest BCUT2D eigenvalue weighted by molar-refractivity contribution is 0.102. The molecule has 112 valence electrons. The third-order valence-corrected chi connectivity index (χ3v) is 3.87. The van der Waals surface area contributed by atoms with Crippen molar-refractivity contribution in [3.63, 3.8) is 0 Å². The number of nitrogens with zero attached hydrogens (tertiary/aromatic N) is 2. The number of aromatic amines is 1. The van der Waals surface area contributed by atoms with Gasteiger partial charge >= 0.3 is 0 Å². The first-order valence-electron chi connectivity index (χ1n) is 7.30. The summed E-state index contributed by atoms with van der Waals surface area (Å²) in [6.07, 6.45) is 3.24. The Kier molecular flexibility index (Phi) is 3.05. The highest BCUT2D eigenvalue weighted by Crippen LogP contribution is 2.21. The molecule has 0 spiro atoms. The van der Waals surface area contributed by atoms with Crippen molar-refractivity contribution in [2.24, 2.45) is 0 Å². The van der Waals surface area contributed by atoms with Gasteiger partial charge in [-0.05, 0) is 36.8 Å². The summed E-state index contributed by atoms with van der Waals surface area (Å²) >= 11 is 0. The fraction of sp³-hybridized carbons (Fsp3) is 0.0556. The molecule has 0 aliphatic heterocycles. The number of H-pyrrole nitrogens is 1. The molecule has 0 saturated heterocycles. The van der Waals surface area contributed by atoms with Crippen LogP contribution in [0.25, 0.3) is 21.8 Å². The molecule has 0 aliphatic rings. The lowest BCUT2D eigenvalue weighted by atomic mass is 10.2. The van der Waals surface area contributed by atoms with Gasteiger partial charge in [0.2, 0.25) is 0 Å². The van der Waals surface area contributed by atoms with Crippen molar-refractivity contribution in [2.75, 3.05) is 5.32 Å². The summed E-state index contributed by atoms with van der Waals surface area (Å²) in [5.41, 5.74) is 4.15. The molecule has 2 aromatic carbocycles. The van der Waals surface area contributed by atoms with Gasteiger partial charge in [0.15, 0.2) is 0 Å². The second kappa shape index (κ2) is 5.21. The molecule has 0 unspecified atom stereocenters. The third-order valence-electron chi connectivity index (χ3n) is 3.87. The number of aromatic nitrogens is 3. The summed E-state index contributed by atoms with van der Waals surface area (Å²) < 4.78 is 0. The minimum Gasteiger partial charge on any atom is -0.350 e. The van der Waals surface area contributed by atoms with Crippen LogP contribution < -0.4 is 5.32 Å². The van der Waals surface area contributed by atoms with Crippen molar-refractivity contribution in [1.29, 1.82) is 0 Å². The molecule has 0 aliphatic carbocycles. The zero-order valence-corrected chi connectivity index (χ0v) is 12.5. The van der Waals surface area contributed by atoms with Crippen molar-refractivity contribution in [2.45, 2.75) is 6.92 Å². The molecule has 0 bridgehead atoms. The standard InChI is InChI=1S/C18H14N4O/c1-11-3-2-4-12-7-16(22-17(11)12)18(23)21-14-6-5-13-9-19-10-20-15(13)8-14/h2-10,22H,1H3,(H,21,23). The number of nitrogens with one attached hydrogen (secondary N) is 2. The van der Waals surface area contributed by atoms with E-state index in [1.807, 2.05) is 49.4 Å². The molecule has 5 heteroatoms. The van der Waals surface area contributed by atoms with E-state index in [-0.39, 0.29) is 5.91 Å². The predicted octanol–water partition coefficient (Wildman–Crippen LogP) is 3.67. The second-order valence-corrected chi connectivity index (χ2v) is 5.47. The first-order chi connectivity index (χ1) is 11.2. The maximum absolute atomic E-state index is 12.5. The van der Waals surface area contributed by atoms with Crippen LogP contribution in [-0.2, 0) is 0 Å². The van der Waals surface area contributed by atoms with Crippen LogP contribution in [0, 0.1) is 6.92 Å². The molecule has 0 saturated carbocycles. The number of anilines is 1. The van der Waals surface area contributed by atoms with Crippen molar-refractivity contribution < 1.29 is 4.79 Å². The van der Waals surface area contributed by atoms with Gasteiger partial charge in [0.25, 0.3) is 5.91 Å². The Morgan fingerprint density at radius 2 is 2.04 bits per heavy atom. The molecule has 5 nitrogen and oxygen atoms in total. The number of aryl methyl sites for hydroxylation is 1. The quantitative estimate of drug-likeness (QED) is 0.593. The highest BCUT2D eigenvalue weighted by atomic mass is 16.1. The van der Waals surface area contributed by atoms with Gasteiger partial charge in [-0.2, -0.15) is 0 Å². The summed E-state index contributed by atoms with van der Waals surface area (Å²) in [4.78, 5) is 23.8. The van der Waals surface area contributed by atoms with Gasteiger partial charge in [-0.3, -0.25) is 4.79 Å². The maximum Gasteiger partial charge on any atom is 0.272 e. The van der Waals surface area contributed by atoms with Crippen molar-refractivity contribution >= 4 is 33.4 Å². The number of hydrogen-bond donors (Lipinski definition) is 2. The summed E-state index contributed by atoms with van der Waals surface area (Å²) in [7, 11) is 0. The molecule has 0 radical (unpaired) electrons. The topological polar surface area (TPSA) is 70.7 Å². The lowest BCUT2D eigenvalue weighted by Gasteiger charge is -2.04. The third kappa shape index (κ3) is 2.42. The number of carbonyl (C=O) groups excluding carboxylic acids is 1. The van der Waals surface area contributed by atoms with E-state index in [2.05, 4.69) is 20.3 Å². The first kappa shape index (κ1) is 13.5. The SMILES string of the molecule is Cc1cccc2cc(C(=O)Nc3ccc4cncnc4c3)[nH]c12. The molecule has 1 amide bonds. The summed E-state index contributed by atoms with van der Waals surface area (Å²) in [5.74, 6) is -0.172. The largest absolute Gasteiger partial charge is 0.350 e. The van der Waals surface area contributed by atoms with E-state index in [9.17, 15) is 4.79 Å². The first-order valence-corrected chi connectivity index (χ1v) is 7.30. The highest BCUT2D eigenvalue weighted by molar-refractivity contribution is 6.06. The zero-order chi connectivity index (χ0) is 15.8. The van der Waals surface area contributed by atoms with E-state index >= 15 is 0 Å². The molecule has 23 heavy (non-hydrogen) atoms. The predicted molar refractivity (Wildman–Crippen MR) is 90.5 cm³/mol. The Balaban J connectivity index is 1.66. The number of amides is 1. The molecule has 4 aromatic rings. The van der Waals surface area contributed by atoms with E-state index in [4.69, 9.17) is 0 Å². The van der Waals surface area contributed by atoms with Crippen LogP contribution in [0.1, 0.15) is 16.1 Å². The van der Waals surface area contributed by atoms with Gasteiger partial charge in [-0.15, -0.1) is 0 Å². The molecule has 4 rings (SSSR count). The van der Waals surface area contributed by atoms with Gasteiger partial charge in [0.1, 0.15) is 12.0 Å². The van der Waals surface area contributed by atoms with Crippen LogP contribution in [0.4, 0.5) is 5.69 Å². The summed E-state index contributed by atoms with van der Waals surface area (Å²) in [6, 6.07) is 13.4. The summed E-state index contributed by atoms with van der Waals surface area (Å²) in [6.45, 7) is 2.02. The maximum atomic E-state index is 12.5. The monoisotopic (exact) mass is 302 g/mol. The molecular formula is C18H14N4O. The number of fused-ring (bicyclic) bond motifs is 2. The fourth-order valence-corrected chi connectivity index (χ4v) is 2.68. The molecule has 2 N–H and O–H groups in total. The lowest BCUT2D eigenvalue weighted by Crippen LogP contribution is -2.12. The molecule has 0 fully saturated rings. The Morgan fingerprint density at radius 1 is 1.13 bits per heavy atom. The second-order valence-electron chi connectivity index (χ2n) is 5.47. The Bertz CT molecular complexity index is 1040. The fourth-order valence-electron chi connectivity index (χ4n) is 2.68. The van der Waals surface area contributed by atoms with E-state index < -0.39 is 0 Å². The average Bonchev–Trinajstić information content (AvgIpc) is 3.01. The van der Waals surface area contributed by atoms with Crippen molar-refractivity contribution in [3.8, 4) is 0 Å². The van der Waals surface area contributed by atoms with Crippen LogP contribution in [0.5, 0.6) is 0 Å². The van der Waals surface area contributed by atoms with Crippen molar-refractivity contribution in [3.05, 3.63) is 66.2 Å². The van der Waals surface area contributed by atoms with Crippen LogP contribution in [0.3, 0.4) is 0 Å². The van der Waals surface area contributed by atoms with E-state index in [1.165, 1.54) is 6.33 Å². The van der Waals surface area contributed by atoms with Crippen LogP contribution in [0.2, 0.25) is 0 Å². The van der Waals surface area contributed by atoms with Gasteiger partial charge in [-0.1, -0.05) is 18.2 Å². The van der Waals surface area contributed by atoms with Gasteiger partial charge in [0.05, 0.1) is 5.52 Å².